The van der Waals surface area contributed by atoms with Crippen molar-refractivity contribution < 1.29 is 29.1 Å². The van der Waals surface area contributed by atoms with Crippen LogP contribution < -0.4 is 21.3 Å². The maximum atomic E-state index is 12.7. The van der Waals surface area contributed by atoms with Crippen molar-refractivity contribution in [2.45, 2.75) is 58.0 Å². The third-order valence-corrected chi connectivity index (χ3v) is 5.90. The standard InChI is InChI=1S/C21H35N5O6/c1-14(27)23-12-18(28)24-17(11-20(30)31)25-21(32)16-3-2-10-26(13-16)19(29)5-4-15-6-8-22-9-7-15/h15-17,22H,2-13H2,1H3,(H,23,27)(H,24,28)(H,25,32)(H,30,31)/t16-,17-/m1/s1. The number of carboxylic acid groups (broad SMARTS) is 1. The second-order valence-electron chi connectivity index (χ2n) is 8.55. The van der Waals surface area contributed by atoms with Crippen LogP contribution >= 0.6 is 0 Å². The van der Waals surface area contributed by atoms with Crippen molar-refractivity contribution in [3.63, 3.8) is 0 Å². The number of carbonyl (C=O) groups excluding carboxylic acids is 4. The molecule has 2 saturated heterocycles. The molecular formula is C21H35N5O6. The Morgan fingerprint density at radius 2 is 1.81 bits per heavy atom. The fraction of sp³-hybridized carbons (Fsp3) is 0.762. The molecule has 0 radical (unpaired) electrons. The van der Waals surface area contributed by atoms with E-state index in [0.717, 1.165) is 32.4 Å². The Labute approximate surface area is 188 Å². The molecule has 180 valence electrons. The van der Waals surface area contributed by atoms with E-state index in [0.29, 0.717) is 31.7 Å². The molecule has 4 amide bonds. The summed E-state index contributed by atoms with van der Waals surface area (Å²) in [4.78, 5) is 61.1. The molecule has 2 fully saturated rings. The lowest BCUT2D eigenvalue weighted by molar-refractivity contribution is -0.138. The number of amides is 4. The molecule has 0 bridgehead atoms. The van der Waals surface area contributed by atoms with E-state index in [2.05, 4.69) is 21.3 Å². The minimum absolute atomic E-state index is 0.0479. The lowest BCUT2D eigenvalue weighted by atomic mass is 9.92. The van der Waals surface area contributed by atoms with Crippen LogP contribution in [0.5, 0.6) is 0 Å². The van der Waals surface area contributed by atoms with E-state index in [9.17, 15) is 24.0 Å². The number of hydrogen-bond acceptors (Lipinski definition) is 6. The predicted molar refractivity (Wildman–Crippen MR) is 115 cm³/mol. The van der Waals surface area contributed by atoms with Crippen LogP contribution in [-0.2, 0) is 24.0 Å². The van der Waals surface area contributed by atoms with Crippen LogP contribution in [0.4, 0.5) is 0 Å². The highest BCUT2D eigenvalue weighted by Gasteiger charge is 2.30. The third-order valence-electron chi connectivity index (χ3n) is 5.90. The summed E-state index contributed by atoms with van der Waals surface area (Å²) in [5.74, 6) is -2.44. The molecule has 0 aliphatic carbocycles. The molecule has 32 heavy (non-hydrogen) atoms. The second-order valence-corrected chi connectivity index (χ2v) is 8.55. The van der Waals surface area contributed by atoms with Gasteiger partial charge in [0, 0.05) is 26.4 Å². The first-order chi connectivity index (χ1) is 15.2. The normalized spacial score (nSPS) is 20.2. The molecule has 2 aliphatic heterocycles. The smallest absolute Gasteiger partial charge is 0.307 e. The first-order valence-corrected chi connectivity index (χ1v) is 11.3. The topological polar surface area (TPSA) is 157 Å². The van der Waals surface area contributed by atoms with Crippen molar-refractivity contribution in [1.82, 2.24) is 26.2 Å². The van der Waals surface area contributed by atoms with Gasteiger partial charge in [-0.05, 0) is 51.1 Å². The minimum Gasteiger partial charge on any atom is -0.481 e. The van der Waals surface area contributed by atoms with Crippen LogP contribution in [0.25, 0.3) is 0 Å². The highest BCUT2D eigenvalue weighted by Crippen LogP contribution is 2.21. The van der Waals surface area contributed by atoms with E-state index in [1.165, 1.54) is 6.92 Å². The van der Waals surface area contributed by atoms with Crippen LogP contribution in [0.2, 0.25) is 0 Å². The molecule has 2 aliphatic rings. The van der Waals surface area contributed by atoms with Crippen molar-refractivity contribution in [2.75, 3.05) is 32.7 Å². The fourth-order valence-corrected chi connectivity index (χ4v) is 4.13. The molecule has 0 spiro atoms. The van der Waals surface area contributed by atoms with Gasteiger partial charge in [-0.3, -0.25) is 24.0 Å². The summed E-state index contributed by atoms with van der Waals surface area (Å²) in [6.07, 6.45) is 3.16. The van der Waals surface area contributed by atoms with Gasteiger partial charge in [0.2, 0.25) is 23.6 Å². The van der Waals surface area contributed by atoms with Crippen LogP contribution in [0.3, 0.4) is 0 Å². The molecule has 5 N–H and O–H groups in total. The molecule has 0 aromatic rings. The summed E-state index contributed by atoms with van der Waals surface area (Å²) < 4.78 is 0. The van der Waals surface area contributed by atoms with Gasteiger partial charge in [0.1, 0.15) is 6.17 Å². The number of nitrogens with zero attached hydrogens (tertiary/aromatic N) is 1. The highest BCUT2D eigenvalue weighted by molar-refractivity contribution is 5.86. The number of nitrogens with one attached hydrogen (secondary N) is 4. The largest absolute Gasteiger partial charge is 0.481 e. The number of hydrogen-bond donors (Lipinski definition) is 5. The number of carbonyl (C=O) groups is 5. The van der Waals surface area contributed by atoms with Gasteiger partial charge in [-0.25, -0.2) is 0 Å². The molecule has 2 heterocycles. The van der Waals surface area contributed by atoms with Gasteiger partial charge < -0.3 is 31.3 Å². The van der Waals surface area contributed by atoms with Gasteiger partial charge in [0.05, 0.1) is 18.9 Å². The van der Waals surface area contributed by atoms with Gasteiger partial charge >= 0.3 is 5.97 Å². The van der Waals surface area contributed by atoms with Crippen LogP contribution in [0.1, 0.15) is 51.9 Å². The SMILES string of the molecule is CC(=O)NCC(=O)N[C@@H](CC(=O)O)NC(=O)[C@@H]1CCCN(C(=O)CCC2CCNCC2)C1. The molecule has 11 nitrogen and oxygen atoms in total. The molecule has 0 saturated carbocycles. The second kappa shape index (κ2) is 13.0. The maximum Gasteiger partial charge on any atom is 0.307 e. The summed E-state index contributed by atoms with van der Waals surface area (Å²) in [6, 6.07) is 0. The zero-order valence-corrected chi connectivity index (χ0v) is 18.7. The summed E-state index contributed by atoms with van der Waals surface area (Å²) in [7, 11) is 0. The summed E-state index contributed by atoms with van der Waals surface area (Å²) in [5.41, 5.74) is 0. The third kappa shape index (κ3) is 9.21. The molecule has 11 heteroatoms. The maximum absolute atomic E-state index is 12.7. The number of piperidine rings is 2. The first-order valence-electron chi connectivity index (χ1n) is 11.3. The summed E-state index contributed by atoms with van der Waals surface area (Å²) in [6.45, 7) is 3.82. The summed E-state index contributed by atoms with van der Waals surface area (Å²) >= 11 is 0. The quantitative estimate of drug-likeness (QED) is 0.270. The monoisotopic (exact) mass is 453 g/mol. The zero-order valence-electron chi connectivity index (χ0n) is 18.7. The number of carboxylic acids is 1. The van der Waals surface area contributed by atoms with Crippen molar-refractivity contribution in [3.8, 4) is 0 Å². The predicted octanol–water partition coefficient (Wildman–Crippen LogP) is -0.826. The van der Waals surface area contributed by atoms with Gasteiger partial charge in [-0.2, -0.15) is 0 Å². The van der Waals surface area contributed by atoms with Crippen LogP contribution in [-0.4, -0.2) is 78.5 Å². The summed E-state index contributed by atoms with van der Waals surface area (Å²) in [5, 5.41) is 19.7. The van der Waals surface area contributed by atoms with E-state index < -0.39 is 42.2 Å². The van der Waals surface area contributed by atoms with E-state index in [1.54, 1.807) is 4.90 Å². The lowest BCUT2D eigenvalue weighted by Gasteiger charge is -2.33. The number of aliphatic carboxylic acids is 1. The van der Waals surface area contributed by atoms with Crippen LogP contribution in [0, 0.1) is 11.8 Å². The van der Waals surface area contributed by atoms with Gasteiger partial charge in [-0.15, -0.1) is 0 Å². The van der Waals surface area contributed by atoms with Gasteiger partial charge in [-0.1, -0.05) is 0 Å². The minimum atomic E-state index is -1.19. The van der Waals surface area contributed by atoms with Crippen molar-refractivity contribution in [1.29, 1.82) is 0 Å². The molecule has 0 aromatic carbocycles. The number of rotatable bonds is 10. The lowest BCUT2D eigenvalue weighted by Crippen LogP contribution is -2.54. The van der Waals surface area contributed by atoms with E-state index >= 15 is 0 Å². The Balaban J connectivity index is 1.84. The molecule has 0 unspecified atom stereocenters. The average molecular weight is 454 g/mol. The molecule has 2 rings (SSSR count). The Bertz CT molecular complexity index is 694. The number of likely N-dealkylation sites (tertiary alicyclic amines) is 1. The first kappa shape index (κ1) is 25.6. The van der Waals surface area contributed by atoms with E-state index in [4.69, 9.17) is 5.11 Å². The average Bonchev–Trinajstić information content (AvgIpc) is 2.76. The van der Waals surface area contributed by atoms with Crippen LogP contribution in [0.15, 0.2) is 0 Å². The Morgan fingerprint density at radius 3 is 2.47 bits per heavy atom. The highest BCUT2D eigenvalue weighted by atomic mass is 16.4. The zero-order chi connectivity index (χ0) is 23.5. The van der Waals surface area contributed by atoms with Gasteiger partial charge in [0.15, 0.2) is 0 Å². The van der Waals surface area contributed by atoms with Gasteiger partial charge in [0.25, 0.3) is 0 Å². The van der Waals surface area contributed by atoms with Crippen molar-refractivity contribution >= 4 is 29.6 Å². The van der Waals surface area contributed by atoms with E-state index in [1.807, 2.05) is 0 Å². The Kier molecular flexibility index (Phi) is 10.4. The molecular weight excluding hydrogens is 418 g/mol. The molecule has 2 atom stereocenters. The Morgan fingerprint density at radius 1 is 1.09 bits per heavy atom. The van der Waals surface area contributed by atoms with Crippen molar-refractivity contribution in [3.05, 3.63) is 0 Å². The fourth-order valence-electron chi connectivity index (χ4n) is 4.13. The Hall–Kier alpha value is -2.69. The molecule has 0 aromatic heterocycles. The van der Waals surface area contributed by atoms with E-state index in [-0.39, 0.29) is 19.0 Å². The van der Waals surface area contributed by atoms with Crippen molar-refractivity contribution in [2.24, 2.45) is 11.8 Å².